The zero-order chi connectivity index (χ0) is 19.6. The van der Waals surface area contributed by atoms with Gasteiger partial charge in [-0.2, -0.15) is 0 Å². The Hall–Kier alpha value is -2.60. The van der Waals surface area contributed by atoms with E-state index in [9.17, 15) is 9.59 Å². The van der Waals surface area contributed by atoms with Crippen molar-refractivity contribution < 1.29 is 18.7 Å². The Bertz CT molecular complexity index is 810. The van der Waals surface area contributed by atoms with Crippen LogP contribution in [0.15, 0.2) is 53.1 Å². The van der Waals surface area contributed by atoms with Gasteiger partial charge in [0, 0.05) is 32.3 Å². The number of carbonyl (C=O) groups is 2. The molecular formula is C22H26N2O4. The fourth-order valence-electron chi connectivity index (χ4n) is 4.63. The van der Waals surface area contributed by atoms with Gasteiger partial charge in [-0.25, -0.2) is 0 Å². The maximum atomic E-state index is 13.3. The van der Waals surface area contributed by atoms with Crippen LogP contribution in [0.5, 0.6) is 0 Å². The van der Waals surface area contributed by atoms with Gasteiger partial charge in [-0.05, 0) is 37.0 Å². The van der Waals surface area contributed by atoms with E-state index in [4.69, 9.17) is 9.15 Å². The second-order valence-corrected chi connectivity index (χ2v) is 7.64. The first kappa shape index (κ1) is 18.7. The van der Waals surface area contributed by atoms with Crippen LogP contribution < -0.4 is 0 Å². The molecule has 0 N–H and O–H groups in total. The first-order chi connectivity index (χ1) is 13.6. The fourth-order valence-corrected chi connectivity index (χ4v) is 4.63. The normalized spacial score (nSPS) is 21.5. The van der Waals surface area contributed by atoms with Gasteiger partial charge in [-0.1, -0.05) is 30.3 Å². The molecule has 2 aliphatic rings. The van der Waals surface area contributed by atoms with Gasteiger partial charge in [-0.15, -0.1) is 0 Å². The Kier molecular flexibility index (Phi) is 5.22. The summed E-state index contributed by atoms with van der Waals surface area (Å²) in [5.74, 6) is 0.350. The predicted octanol–water partition coefficient (Wildman–Crippen LogP) is 2.92. The summed E-state index contributed by atoms with van der Waals surface area (Å²) >= 11 is 0. The van der Waals surface area contributed by atoms with Gasteiger partial charge in [0.25, 0.3) is 5.91 Å². The number of amides is 2. The number of rotatable bonds is 5. The number of likely N-dealkylation sites (tertiary alicyclic amines) is 2. The van der Waals surface area contributed by atoms with Crippen molar-refractivity contribution >= 4 is 11.8 Å². The van der Waals surface area contributed by atoms with E-state index in [1.165, 1.54) is 6.26 Å². The third-order valence-corrected chi connectivity index (χ3v) is 6.16. The molecule has 0 saturated carbocycles. The van der Waals surface area contributed by atoms with E-state index >= 15 is 0 Å². The number of methoxy groups -OCH3 is 1. The smallest absolute Gasteiger partial charge is 0.289 e. The molecule has 0 unspecified atom stereocenters. The van der Waals surface area contributed by atoms with Crippen molar-refractivity contribution in [2.75, 3.05) is 33.4 Å². The van der Waals surface area contributed by atoms with Crippen molar-refractivity contribution in [2.24, 2.45) is 0 Å². The minimum absolute atomic E-state index is 0.0766. The van der Waals surface area contributed by atoms with E-state index in [0.29, 0.717) is 32.0 Å². The van der Waals surface area contributed by atoms with Crippen LogP contribution in [0.3, 0.4) is 0 Å². The average molecular weight is 382 g/mol. The lowest BCUT2D eigenvalue weighted by Crippen LogP contribution is -2.54. The molecule has 2 saturated heterocycles. The number of ether oxygens (including phenoxy) is 1. The Balaban J connectivity index is 1.53. The van der Waals surface area contributed by atoms with Gasteiger partial charge in [0.2, 0.25) is 5.91 Å². The third kappa shape index (κ3) is 3.33. The van der Waals surface area contributed by atoms with E-state index in [1.54, 1.807) is 19.2 Å². The molecule has 1 aromatic heterocycles. The average Bonchev–Trinajstić information content (AvgIpc) is 3.35. The second-order valence-electron chi connectivity index (χ2n) is 7.64. The molecule has 6 heteroatoms. The first-order valence-electron chi connectivity index (χ1n) is 9.83. The number of furan rings is 1. The highest BCUT2D eigenvalue weighted by atomic mass is 16.5. The van der Waals surface area contributed by atoms with Crippen molar-refractivity contribution in [2.45, 2.75) is 30.7 Å². The maximum Gasteiger partial charge on any atom is 0.289 e. The zero-order valence-corrected chi connectivity index (χ0v) is 16.2. The number of hydrogen-bond acceptors (Lipinski definition) is 4. The van der Waals surface area contributed by atoms with E-state index in [2.05, 4.69) is 0 Å². The van der Waals surface area contributed by atoms with Crippen LogP contribution in [0.4, 0.5) is 0 Å². The van der Waals surface area contributed by atoms with Crippen LogP contribution >= 0.6 is 0 Å². The standard InChI is InChI=1S/C22H26N2O4/c1-27-15-13-24-20(25)18(17-6-3-2-4-7-17)16-22(24)9-11-23(12-10-22)21(26)19-8-5-14-28-19/h2-8,14,18H,9-13,15-16H2,1H3/t18-/m1/s1. The molecule has 1 spiro atoms. The second kappa shape index (κ2) is 7.80. The summed E-state index contributed by atoms with van der Waals surface area (Å²) in [7, 11) is 1.66. The SMILES string of the molecule is COCCN1C(=O)[C@@H](c2ccccc2)CC12CCN(C(=O)c1ccco1)CC2. The molecule has 2 aromatic rings. The van der Waals surface area contributed by atoms with E-state index in [-0.39, 0.29) is 23.3 Å². The van der Waals surface area contributed by atoms with Crippen molar-refractivity contribution in [1.82, 2.24) is 9.80 Å². The van der Waals surface area contributed by atoms with Crippen LogP contribution in [0, 0.1) is 0 Å². The van der Waals surface area contributed by atoms with Gasteiger partial charge in [-0.3, -0.25) is 9.59 Å². The summed E-state index contributed by atoms with van der Waals surface area (Å²) in [5, 5.41) is 0. The highest BCUT2D eigenvalue weighted by molar-refractivity contribution is 5.91. The summed E-state index contributed by atoms with van der Waals surface area (Å²) in [5.41, 5.74) is 0.858. The molecule has 6 nitrogen and oxygen atoms in total. The van der Waals surface area contributed by atoms with Crippen molar-refractivity contribution in [1.29, 1.82) is 0 Å². The van der Waals surface area contributed by atoms with Gasteiger partial charge in [0.1, 0.15) is 0 Å². The minimum atomic E-state index is -0.212. The van der Waals surface area contributed by atoms with Crippen molar-refractivity contribution in [3.05, 3.63) is 60.1 Å². The first-order valence-corrected chi connectivity index (χ1v) is 9.83. The van der Waals surface area contributed by atoms with Crippen LogP contribution in [-0.4, -0.2) is 60.5 Å². The Labute approximate surface area is 165 Å². The molecule has 0 bridgehead atoms. The Morgan fingerprint density at radius 1 is 1.18 bits per heavy atom. The molecule has 4 rings (SSSR count). The summed E-state index contributed by atoms with van der Waals surface area (Å²) in [6, 6.07) is 13.4. The largest absolute Gasteiger partial charge is 0.459 e. The van der Waals surface area contributed by atoms with E-state index in [0.717, 1.165) is 24.8 Å². The number of benzene rings is 1. The number of hydrogen-bond donors (Lipinski definition) is 0. The number of carbonyl (C=O) groups excluding carboxylic acids is 2. The molecule has 148 valence electrons. The van der Waals surface area contributed by atoms with Crippen LogP contribution in [0.25, 0.3) is 0 Å². The highest BCUT2D eigenvalue weighted by Crippen LogP contribution is 2.45. The van der Waals surface area contributed by atoms with E-state index in [1.807, 2.05) is 40.1 Å². The summed E-state index contributed by atoms with van der Waals surface area (Å²) in [4.78, 5) is 29.7. The third-order valence-electron chi connectivity index (χ3n) is 6.16. The maximum absolute atomic E-state index is 13.3. The Morgan fingerprint density at radius 2 is 1.93 bits per heavy atom. The lowest BCUT2D eigenvalue weighted by atomic mass is 9.81. The fraction of sp³-hybridized carbons (Fsp3) is 0.455. The van der Waals surface area contributed by atoms with Gasteiger partial charge < -0.3 is 19.0 Å². The molecule has 3 heterocycles. The molecular weight excluding hydrogens is 356 g/mol. The molecule has 1 atom stereocenters. The highest BCUT2D eigenvalue weighted by Gasteiger charge is 2.52. The van der Waals surface area contributed by atoms with Crippen LogP contribution in [0.2, 0.25) is 0 Å². The van der Waals surface area contributed by atoms with Crippen LogP contribution in [0.1, 0.15) is 41.3 Å². The quantitative estimate of drug-likeness (QED) is 0.798. The topological polar surface area (TPSA) is 63.0 Å². The molecule has 2 fully saturated rings. The summed E-state index contributed by atoms with van der Waals surface area (Å²) in [6.07, 6.45) is 3.87. The Morgan fingerprint density at radius 3 is 2.57 bits per heavy atom. The van der Waals surface area contributed by atoms with Crippen molar-refractivity contribution in [3.8, 4) is 0 Å². The molecule has 0 aliphatic carbocycles. The molecule has 2 amide bonds. The molecule has 0 radical (unpaired) electrons. The van der Waals surface area contributed by atoms with E-state index < -0.39 is 0 Å². The zero-order valence-electron chi connectivity index (χ0n) is 16.2. The molecule has 1 aromatic carbocycles. The predicted molar refractivity (Wildman–Crippen MR) is 104 cm³/mol. The molecule has 2 aliphatic heterocycles. The summed E-state index contributed by atoms with van der Waals surface area (Å²) in [6.45, 7) is 2.35. The molecule has 28 heavy (non-hydrogen) atoms. The van der Waals surface area contributed by atoms with Gasteiger partial charge in [0.05, 0.1) is 18.8 Å². The summed E-state index contributed by atoms with van der Waals surface area (Å²) < 4.78 is 10.5. The minimum Gasteiger partial charge on any atom is -0.459 e. The lowest BCUT2D eigenvalue weighted by Gasteiger charge is -2.44. The van der Waals surface area contributed by atoms with Gasteiger partial charge >= 0.3 is 0 Å². The monoisotopic (exact) mass is 382 g/mol. The number of nitrogens with zero attached hydrogens (tertiary/aromatic N) is 2. The van der Waals surface area contributed by atoms with Crippen molar-refractivity contribution in [3.63, 3.8) is 0 Å². The lowest BCUT2D eigenvalue weighted by molar-refractivity contribution is -0.134. The number of piperidine rings is 1. The van der Waals surface area contributed by atoms with Gasteiger partial charge in [0.15, 0.2) is 5.76 Å². The van der Waals surface area contributed by atoms with Crippen LogP contribution in [-0.2, 0) is 9.53 Å².